The molecule has 0 aliphatic carbocycles. The van der Waals surface area contributed by atoms with Crippen LogP contribution >= 0.6 is 11.8 Å². The molecule has 0 aliphatic heterocycles. The molecule has 0 atom stereocenters. The topological polar surface area (TPSA) is 63.3 Å². The molecule has 3 nitrogen and oxygen atoms in total. The predicted molar refractivity (Wildman–Crippen MR) is 58.2 cm³/mol. The van der Waals surface area contributed by atoms with Crippen molar-refractivity contribution in [3.05, 3.63) is 35.2 Å². The fourth-order valence-electron chi connectivity index (χ4n) is 0.970. The maximum absolute atomic E-state index is 10.2. The molecule has 0 saturated heterocycles. The van der Waals surface area contributed by atoms with Gasteiger partial charge in [0.1, 0.15) is 0 Å². The zero-order chi connectivity index (χ0) is 10.6. The van der Waals surface area contributed by atoms with Crippen LogP contribution in [0.15, 0.2) is 34.6 Å². The van der Waals surface area contributed by atoms with Crippen LogP contribution in [0.3, 0.4) is 0 Å². The molecule has 14 heavy (non-hydrogen) atoms. The first-order valence-electron chi connectivity index (χ1n) is 4.02. The molecule has 74 valence electrons. The van der Waals surface area contributed by atoms with E-state index in [1.54, 1.807) is 11.5 Å². The summed E-state index contributed by atoms with van der Waals surface area (Å²) in [5.74, 6) is -0.939. The van der Waals surface area contributed by atoms with Gasteiger partial charge in [0, 0.05) is 16.7 Å². The van der Waals surface area contributed by atoms with Crippen molar-refractivity contribution < 1.29 is 9.90 Å². The van der Waals surface area contributed by atoms with Gasteiger partial charge in [-0.1, -0.05) is 11.8 Å². The van der Waals surface area contributed by atoms with Crippen LogP contribution in [-0.4, -0.2) is 11.1 Å². The Morgan fingerprint density at radius 3 is 2.86 bits per heavy atom. The van der Waals surface area contributed by atoms with Crippen molar-refractivity contribution in [2.24, 2.45) is 0 Å². The summed E-state index contributed by atoms with van der Waals surface area (Å²) in [4.78, 5) is 11.2. The van der Waals surface area contributed by atoms with Crippen molar-refractivity contribution in [3.63, 3.8) is 0 Å². The number of benzene rings is 1. The average Bonchev–Trinajstić information content (AvgIpc) is 2.08. The van der Waals surface area contributed by atoms with Gasteiger partial charge in [0.05, 0.1) is 0 Å². The molecule has 1 aromatic rings. The van der Waals surface area contributed by atoms with E-state index >= 15 is 0 Å². The van der Waals surface area contributed by atoms with E-state index in [2.05, 4.69) is 0 Å². The monoisotopic (exact) mass is 209 g/mol. The third-order valence-corrected chi connectivity index (χ3v) is 2.59. The van der Waals surface area contributed by atoms with Gasteiger partial charge in [-0.2, -0.15) is 0 Å². The van der Waals surface area contributed by atoms with E-state index < -0.39 is 5.97 Å². The molecule has 0 unspecified atom stereocenters. The van der Waals surface area contributed by atoms with E-state index in [1.807, 2.05) is 19.1 Å². The third kappa shape index (κ3) is 3.14. The zero-order valence-electron chi connectivity index (χ0n) is 7.73. The zero-order valence-corrected chi connectivity index (χ0v) is 8.54. The molecule has 4 heteroatoms. The number of nitrogen functional groups attached to an aromatic ring is 1. The van der Waals surface area contributed by atoms with Gasteiger partial charge >= 0.3 is 5.97 Å². The minimum atomic E-state index is -0.939. The molecular weight excluding hydrogens is 198 g/mol. The number of carbonyl (C=O) groups is 1. The van der Waals surface area contributed by atoms with Crippen LogP contribution in [0.5, 0.6) is 0 Å². The van der Waals surface area contributed by atoms with Crippen molar-refractivity contribution in [2.45, 2.75) is 11.8 Å². The fraction of sp³-hybridized carbons (Fsp3) is 0.100. The highest BCUT2D eigenvalue weighted by molar-refractivity contribution is 8.02. The first-order chi connectivity index (χ1) is 6.59. The predicted octanol–water partition coefficient (Wildman–Crippen LogP) is 2.27. The normalized spacial score (nSPS) is 10.6. The standard InChI is InChI=1S/C10H11NO2S/c1-7-6-8(11)2-3-9(7)14-5-4-10(12)13/h2-6H,11H2,1H3,(H,12,13). The van der Waals surface area contributed by atoms with Gasteiger partial charge in [0.25, 0.3) is 0 Å². The van der Waals surface area contributed by atoms with Gasteiger partial charge < -0.3 is 10.8 Å². The Balaban J connectivity index is 2.73. The van der Waals surface area contributed by atoms with E-state index in [0.717, 1.165) is 16.5 Å². The van der Waals surface area contributed by atoms with Crippen LogP contribution in [0.25, 0.3) is 0 Å². The van der Waals surface area contributed by atoms with Crippen molar-refractivity contribution in [3.8, 4) is 0 Å². The highest BCUT2D eigenvalue weighted by Gasteiger charge is 1.97. The molecule has 0 radical (unpaired) electrons. The van der Waals surface area contributed by atoms with Crippen molar-refractivity contribution in [1.82, 2.24) is 0 Å². The van der Waals surface area contributed by atoms with Crippen molar-refractivity contribution in [1.29, 1.82) is 0 Å². The third-order valence-electron chi connectivity index (χ3n) is 1.60. The molecule has 0 saturated carbocycles. The number of anilines is 1. The van der Waals surface area contributed by atoms with Crippen molar-refractivity contribution in [2.75, 3.05) is 5.73 Å². The molecule has 0 heterocycles. The first kappa shape index (κ1) is 10.7. The summed E-state index contributed by atoms with van der Waals surface area (Å²) >= 11 is 1.37. The van der Waals surface area contributed by atoms with E-state index in [0.29, 0.717) is 5.69 Å². The molecule has 0 amide bonds. The van der Waals surface area contributed by atoms with Gasteiger partial charge in [-0.3, -0.25) is 0 Å². The lowest BCUT2D eigenvalue weighted by Crippen LogP contribution is -1.87. The lowest BCUT2D eigenvalue weighted by Gasteiger charge is -2.02. The second kappa shape index (κ2) is 4.72. The molecule has 1 rings (SSSR count). The van der Waals surface area contributed by atoms with Crippen LogP contribution in [0.2, 0.25) is 0 Å². The largest absolute Gasteiger partial charge is 0.478 e. The van der Waals surface area contributed by atoms with Crippen LogP contribution in [0.4, 0.5) is 5.69 Å². The number of nitrogens with two attached hydrogens (primary N) is 1. The molecule has 0 spiro atoms. The number of thioether (sulfide) groups is 1. The average molecular weight is 209 g/mol. The van der Waals surface area contributed by atoms with Gasteiger partial charge in [-0.25, -0.2) is 4.79 Å². The Morgan fingerprint density at radius 1 is 1.57 bits per heavy atom. The van der Waals surface area contributed by atoms with Gasteiger partial charge in [0.15, 0.2) is 0 Å². The smallest absolute Gasteiger partial charge is 0.328 e. The summed E-state index contributed by atoms with van der Waals surface area (Å²) < 4.78 is 0. The maximum Gasteiger partial charge on any atom is 0.328 e. The Kier molecular flexibility index (Phi) is 3.59. The van der Waals surface area contributed by atoms with Crippen molar-refractivity contribution >= 4 is 23.4 Å². The van der Waals surface area contributed by atoms with E-state index in [-0.39, 0.29) is 0 Å². The second-order valence-corrected chi connectivity index (χ2v) is 3.73. The summed E-state index contributed by atoms with van der Waals surface area (Å²) in [6, 6.07) is 5.53. The first-order valence-corrected chi connectivity index (χ1v) is 4.90. The molecule has 3 N–H and O–H groups in total. The number of rotatable bonds is 3. The Hall–Kier alpha value is -1.42. The number of hydrogen-bond acceptors (Lipinski definition) is 3. The van der Waals surface area contributed by atoms with Crippen LogP contribution < -0.4 is 5.73 Å². The number of hydrogen-bond donors (Lipinski definition) is 2. The Labute approximate surface area is 86.6 Å². The Bertz CT molecular complexity index is 374. The number of aryl methyl sites for hydroxylation is 1. The SMILES string of the molecule is Cc1cc(N)ccc1SC=CC(=O)O. The van der Waals surface area contributed by atoms with Gasteiger partial charge in [-0.05, 0) is 36.1 Å². The van der Waals surface area contributed by atoms with E-state index in [4.69, 9.17) is 10.8 Å². The Morgan fingerprint density at radius 2 is 2.29 bits per heavy atom. The van der Waals surface area contributed by atoms with Crippen LogP contribution in [0.1, 0.15) is 5.56 Å². The minimum absolute atomic E-state index is 0.717. The lowest BCUT2D eigenvalue weighted by atomic mass is 10.2. The quantitative estimate of drug-likeness (QED) is 0.455. The maximum atomic E-state index is 10.2. The number of carboxylic acid groups (broad SMARTS) is 1. The molecule has 1 aromatic carbocycles. The lowest BCUT2D eigenvalue weighted by molar-refractivity contribution is -0.131. The van der Waals surface area contributed by atoms with Crippen LogP contribution in [-0.2, 0) is 4.79 Å². The van der Waals surface area contributed by atoms with Gasteiger partial charge in [0.2, 0.25) is 0 Å². The summed E-state index contributed by atoms with van der Waals surface area (Å²) in [7, 11) is 0. The van der Waals surface area contributed by atoms with Gasteiger partial charge in [-0.15, -0.1) is 0 Å². The second-order valence-electron chi connectivity index (χ2n) is 2.78. The molecular formula is C10H11NO2S. The van der Waals surface area contributed by atoms with E-state index in [9.17, 15) is 4.79 Å². The van der Waals surface area contributed by atoms with Crippen LogP contribution in [0, 0.1) is 6.92 Å². The highest BCUT2D eigenvalue weighted by Crippen LogP contribution is 2.24. The molecule has 0 aromatic heterocycles. The summed E-state index contributed by atoms with van der Waals surface area (Å²) in [5, 5.41) is 9.93. The summed E-state index contributed by atoms with van der Waals surface area (Å²) in [6.07, 6.45) is 1.11. The number of carboxylic acids is 1. The highest BCUT2D eigenvalue weighted by atomic mass is 32.2. The molecule has 0 aliphatic rings. The van der Waals surface area contributed by atoms with E-state index in [1.165, 1.54) is 11.8 Å². The molecule has 0 fully saturated rings. The minimum Gasteiger partial charge on any atom is -0.478 e. The fourth-order valence-corrected chi connectivity index (χ4v) is 1.69. The summed E-state index contributed by atoms with van der Waals surface area (Å²) in [5.41, 5.74) is 7.35. The number of aliphatic carboxylic acids is 1. The summed E-state index contributed by atoms with van der Waals surface area (Å²) in [6.45, 7) is 1.94. The molecule has 0 bridgehead atoms.